The molecule has 2 unspecified atom stereocenters. The number of carbonyl (C=O) groups is 1. The number of hydrogen-bond donors (Lipinski definition) is 2. The van der Waals surface area contributed by atoms with Crippen LogP contribution in [0.5, 0.6) is 0 Å². The summed E-state index contributed by atoms with van der Waals surface area (Å²) in [4.78, 5) is 15.1. The number of carboxylic acid groups (broad SMARTS) is 1. The molecule has 1 saturated carbocycles. The Balaban J connectivity index is 2.15. The molecular weight excluding hydrogens is 218 g/mol. The van der Waals surface area contributed by atoms with Gasteiger partial charge in [0, 0.05) is 12.2 Å². The molecule has 2 atom stereocenters. The number of nitriles is 1. The van der Waals surface area contributed by atoms with E-state index in [2.05, 4.69) is 10.3 Å². The van der Waals surface area contributed by atoms with Crippen molar-refractivity contribution in [2.24, 2.45) is 5.92 Å². The summed E-state index contributed by atoms with van der Waals surface area (Å²) < 4.78 is 0. The number of aliphatic carboxylic acids is 1. The molecule has 0 aliphatic heterocycles. The molecule has 5 nitrogen and oxygen atoms in total. The van der Waals surface area contributed by atoms with Crippen LogP contribution < -0.4 is 5.32 Å². The number of pyridine rings is 1. The molecule has 1 aromatic rings. The van der Waals surface area contributed by atoms with Crippen molar-refractivity contribution >= 4 is 11.8 Å². The van der Waals surface area contributed by atoms with Gasteiger partial charge in [0.15, 0.2) is 0 Å². The zero-order chi connectivity index (χ0) is 12.3. The Morgan fingerprint density at radius 3 is 3.12 bits per heavy atom. The van der Waals surface area contributed by atoms with E-state index in [0.29, 0.717) is 17.8 Å². The summed E-state index contributed by atoms with van der Waals surface area (Å²) in [6.45, 7) is 0. The van der Waals surface area contributed by atoms with Gasteiger partial charge in [0.25, 0.3) is 0 Å². The fourth-order valence-electron chi connectivity index (χ4n) is 2.21. The van der Waals surface area contributed by atoms with Gasteiger partial charge >= 0.3 is 5.97 Å². The van der Waals surface area contributed by atoms with Crippen LogP contribution in [0, 0.1) is 17.2 Å². The fourth-order valence-corrected chi connectivity index (χ4v) is 2.21. The molecule has 88 valence electrons. The topological polar surface area (TPSA) is 86.0 Å². The first-order valence-corrected chi connectivity index (χ1v) is 5.57. The van der Waals surface area contributed by atoms with Crippen LogP contribution in [0.25, 0.3) is 0 Å². The van der Waals surface area contributed by atoms with Crippen LogP contribution in [-0.4, -0.2) is 22.1 Å². The van der Waals surface area contributed by atoms with Crippen molar-refractivity contribution in [1.82, 2.24) is 4.98 Å². The molecule has 1 aliphatic rings. The molecular formula is C12H13N3O2. The summed E-state index contributed by atoms with van der Waals surface area (Å²) in [5.74, 6) is -0.689. The monoisotopic (exact) mass is 231 g/mol. The van der Waals surface area contributed by atoms with Gasteiger partial charge in [-0.15, -0.1) is 0 Å². The zero-order valence-electron chi connectivity index (χ0n) is 9.26. The maximum atomic E-state index is 11.0. The molecule has 2 rings (SSSR count). The minimum Gasteiger partial charge on any atom is -0.481 e. The number of hydrogen-bond acceptors (Lipinski definition) is 4. The van der Waals surface area contributed by atoms with Crippen molar-refractivity contribution in [2.75, 3.05) is 5.32 Å². The average Bonchev–Trinajstić information content (AvgIpc) is 2.78. The van der Waals surface area contributed by atoms with Crippen LogP contribution in [0.1, 0.15) is 24.8 Å². The molecule has 17 heavy (non-hydrogen) atoms. The SMILES string of the molecule is N#Cc1cccnc1NC1CCCC1C(=O)O. The van der Waals surface area contributed by atoms with Crippen LogP contribution in [0.4, 0.5) is 5.82 Å². The van der Waals surface area contributed by atoms with E-state index in [0.717, 1.165) is 12.8 Å². The third-order valence-corrected chi connectivity index (χ3v) is 3.08. The van der Waals surface area contributed by atoms with E-state index in [1.165, 1.54) is 0 Å². The summed E-state index contributed by atoms with van der Waals surface area (Å²) in [7, 11) is 0. The van der Waals surface area contributed by atoms with Crippen molar-refractivity contribution < 1.29 is 9.90 Å². The van der Waals surface area contributed by atoms with E-state index in [9.17, 15) is 4.79 Å². The van der Waals surface area contributed by atoms with E-state index < -0.39 is 5.97 Å². The van der Waals surface area contributed by atoms with Gasteiger partial charge in [0.2, 0.25) is 0 Å². The smallest absolute Gasteiger partial charge is 0.308 e. The van der Waals surface area contributed by atoms with Crippen LogP contribution in [0.3, 0.4) is 0 Å². The Morgan fingerprint density at radius 1 is 1.59 bits per heavy atom. The van der Waals surface area contributed by atoms with E-state index in [1.807, 2.05) is 6.07 Å². The highest BCUT2D eigenvalue weighted by Gasteiger charge is 2.33. The van der Waals surface area contributed by atoms with Gasteiger partial charge in [-0.3, -0.25) is 4.79 Å². The Kier molecular flexibility index (Phi) is 3.24. The van der Waals surface area contributed by atoms with Gasteiger partial charge in [-0.2, -0.15) is 5.26 Å². The molecule has 1 aliphatic carbocycles. The van der Waals surface area contributed by atoms with Crippen molar-refractivity contribution in [1.29, 1.82) is 5.26 Å². The minimum atomic E-state index is -0.783. The summed E-state index contributed by atoms with van der Waals surface area (Å²) in [6, 6.07) is 5.27. The first-order chi connectivity index (χ1) is 8.22. The highest BCUT2D eigenvalue weighted by Crippen LogP contribution is 2.28. The maximum absolute atomic E-state index is 11.0. The van der Waals surface area contributed by atoms with Crippen molar-refractivity contribution in [2.45, 2.75) is 25.3 Å². The van der Waals surface area contributed by atoms with E-state index >= 15 is 0 Å². The first kappa shape index (κ1) is 11.4. The van der Waals surface area contributed by atoms with Crippen LogP contribution in [0.2, 0.25) is 0 Å². The van der Waals surface area contributed by atoms with Crippen LogP contribution >= 0.6 is 0 Å². The van der Waals surface area contributed by atoms with Gasteiger partial charge in [-0.25, -0.2) is 4.98 Å². The van der Waals surface area contributed by atoms with Crippen molar-refractivity contribution in [3.8, 4) is 6.07 Å². The summed E-state index contributed by atoms with van der Waals surface area (Å²) in [5, 5.41) is 21.1. The summed E-state index contributed by atoms with van der Waals surface area (Å²) in [6.07, 6.45) is 3.97. The number of nitrogens with zero attached hydrogens (tertiary/aromatic N) is 2. The number of nitrogens with one attached hydrogen (secondary N) is 1. The lowest BCUT2D eigenvalue weighted by atomic mass is 10.0. The van der Waals surface area contributed by atoms with Gasteiger partial charge < -0.3 is 10.4 Å². The van der Waals surface area contributed by atoms with Crippen molar-refractivity contribution in [3.63, 3.8) is 0 Å². The lowest BCUT2D eigenvalue weighted by Gasteiger charge is -2.18. The molecule has 2 N–H and O–H groups in total. The Morgan fingerprint density at radius 2 is 2.41 bits per heavy atom. The third-order valence-electron chi connectivity index (χ3n) is 3.08. The number of rotatable bonds is 3. The average molecular weight is 231 g/mol. The quantitative estimate of drug-likeness (QED) is 0.825. The molecule has 0 amide bonds. The van der Waals surface area contributed by atoms with Crippen LogP contribution in [-0.2, 0) is 4.79 Å². The second-order valence-electron chi connectivity index (χ2n) is 4.14. The molecule has 1 aromatic heterocycles. The Bertz CT molecular complexity index is 467. The highest BCUT2D eigenvalue weighted by molar-refractivity contribution is 5.72. The predicted molar refractivity (Wildman–Crippen MR) is 61.3 cm³/mol. The zero-order valence-corrected chi connectivity index (χ0v) is 9.26. The number of carboxylic acids is 1. The fraction of sp³-hybridized carbons (Fsp3) is 0.417. The molecule has 0 saturated heterocycles. The maximum Gasteiger partial charge on any atom is 0.308 e. The van der Waals surface area contributed by atoms with Gasteiger partial charge in [0.1, 0.15) is 11.9 Å². The molecule has 0 radical (unpaired) electrons. The van der Waals surface area contributed by atoms with Crippen LogP contribution in [0.15, 0.2) is 18.3 Å². The van der Waals surface area contributed by atoms with Gasteiger partial charge in [0.05, 0.1) is 11.5 Å². The van der Waals surface area contributed by atoms with Gasteiger partial charge in [-0.1, -0.05) is 6.42 Å². The summed E-state index contributed by atoms with van der Waals surface area (Å²) in [5.41, 5.74) is 0.448. The predicted octanol–water partition coefficient (Wildman–Crippen LogP) is 1.62. The van der Waals surface area contributed by atoms with Gasteiger partial charge in [-0.05, 0) is 25.0 Å². The molecule has 0 aromatic carbocycles. The Labute approximate surface area is 99.1 Å². The lowest BCUT2D eigenvalue weighted by molar-refractivity contribution is -0.141. The first-order valence-electron chi connectivity index (χ1n) is 5.57. The third kappa shape index (κ3) is 2.36. The second kappa shape index (κ2) is 4.83. The van der Waals surface area contributed by atoms with E-state index in [-0.39, 0.29) is 12.0 Å². The molecule has 0 spiro atoms. The second-order valence-corrected chi connectivity index (χ2v) is 4.14. The van der Waals surface area contributed by atoms with Crippen molar-refractivity contribution in [3.05, 3.63) is 23.9 Å². The summed E-state index contributed by atoms with van der Waals surface area (Å²) >= 11 is 0. The highest BCUT2D eigenvalue weighted by atomic mass is 16.4. The standard InChI is InChI=1S/C12H13N3O2/c13-7-8-3-2-6-14-11(8)15-10-5-1-4-9(10)12(16)17/h2-3,6,9-10H,1,4-5H2,(H,14,15)(H,16,17). The number of aromatic nitrogens is 1. The number of anilines is 1. The molecule has 1 heterocycles. The largest absolute Gasteiger partial charge is 0.481 e. The molecule has 1 fully saturated rings. The van der Waals surface area contributed by atoms with E-state index in [1.54, 1.807) is 18.3 Å². The minimum absolute atomic E-state index is 0.130. The normalized spacial score (nSPS) is 23.0. The molecule has 0 bridgehead atoms. The van der Waals surface area contributed by atoms with E-state index in [4.69, 9.17) is 10.4 Å². The lowest BCUT2D eigenvalue weighted by Crippen LogP contribution is -2.30. The molecule has 5 heteroatoms. The Hall–Kier alpha value is -2.09.